The quantitative estimate of drug-likeness (QED) is 0.851. The first-order valence-corrected chi connectivity index (χ1v) is 8.16. The molecule has 1 saturated heterocycles. The van der Waals surface area contributed by atoms with E-state index in [0.717, 1.165) is 16.9 Å². The topological polar surface area (TPSA) is 59.6 Å². The Bertz CT molecular complexity index is 655. The lowest BCUT2D eigenvalue weighted by atomic mass is 10.2. The van der Waals surface area contributed by atoms with E-state index in [9.17, 15) is 4.79 Å². The summed E-state index contributed by atoms with van der Waals surface area (Å²) in [6.07, 6.45) is 0. The monoisotopic (exact) mass is 326 g/mol. The van der Waals surface area contributed by atoms with E-state index < -0.39 is 0 Å². The van der Waals surface area contributed by atoms with Crippen LogP contribution in [0.15, 0.2) is 54.6 Å². The van der Waals surface area contributed by atoms with Crippen LogP contribution in [0.4, 0.5) is 0 Å². The molecule has 5 nitrogen and oxygen atoms in total. The maximum absolute atomic E-state index is 12.2. The van der Waals surface area contributed by atoms with Gasteiger partial charge in [0.2, 0.25) is 5.91 Å². The van der Waals surface area contributed by atoms with Gasteiger partial charge in [-0.3, -0.25) is 4.79 Å². The molecule has 1 aliphatic heterocycles. The normalized spacial score (nSPS) is 17.2. The van der Waals surface area contributed by atoms with Gasteiger partial charge < -0.3 is 20.1 Å². The first-order chi connectivity index (χ1) is 11.8. The number of para-hydroxylation sites is 1. The largest absolute Gasteiger partial charge is 0.489 e. The van der Waals surface area contributed by atoms with E-state index in [-0.39, 0.29) is 11.9 Å². The van der Waals surface area contributed by atoms with Crippen LogP contribution in [0.1, 0.15) is 11.1 Å². The number of hydrogen-bond acceptors (Lipinski definition) is 4. The fraction of sp³-hybridized carbons (Fsp3) is 0.316. The second kappa shape index (κ2) is 8.47. The average molecular weight is 326 g/mol. The lowest BCUT2D eigenvalue weighted by Gasteiger charge is -2.23. The Hall–Kier alpha value is -2.37. The summed E-state index contributed by atoms with van der Waals surface area (Å²) in [5.41, 5.74) is 2.07. The molecule has 1 unspecified atom stereocenters. The molecule has 1 amide bonds. The standard InChI is InChI=1S/C19H22N2O3/c22-19(17-14-23-11-10-20-17)21-12-16-8-4-5-9-18(16)24-13-15-6-2-1-3-7-15/h1-9,17,20H,10-14H2,(H,21,22). The zero-order chi connectivity index (χ0) is 16.6. The van der Waals surface area contributed by atoms with Crippen molar-refractivity contribution in [3.8, 4) is 5.75 Å². The van der Waals surface area contributed by atoms with E-state index in [1.165, 1.54) is 0 Å². The molecule has 5 heteroatoms. The Labute approximate surface area is 142 Å². The van der Waals surface area contributed by atoms with Crippen LogP contribution >= 0.6 is 0 Å². The maximum atomic E-state index is 12.2. The summed E-state index contributed by atoms with van der Waals surface area (Å²) < 4.78 is 11.2. The first kappa shape index (κ1) is 16.5. The van der Waals surface area contributed by atoms with E-state index in [0.29, 0.717) is 32.9 Å². The second-order valence-electron chi connectivity index (χ2n) is 5.68. The molecule has 1 heterocycles. The summed E-state index contributed by atoms with van der Waals surface area (Å²) in [6.45, 7) is 2.71. The Morgan fingerprint density at radius 2 is 1.96 bits per heavy atom. The molecule has 0 radical (unpaired) electrons. The number of ether oxygens (including phenoxy) is 2. The summed E-state index contributed by atoms with van der Waals surface area (Å²) in [7, 11) is 0. The van der Waals surface area contributed by atoms with E-state index in [1.54, 1.807) is 0 Å². The van der Waals surface area contributed by atoms with Gasteiger partial charge >= 0.3 is 0 Å². The number of amides is 1. The van der Waals surface area contributed by atoms with Gasteiger partial charge in [0, 0.05) is 18.7 Å². The Morgan fingerprint density at radius 1 is 1.17 bits per heavy atom. The molecule has 3 rings (SSSR count). The summed E-state index contributed by atoms with van der Waals surface area (Å²) in [5.74, 6) is 0.738. The third-order valence-corrected chi connectivity index (χ3v) is 3.90. The highest BCUT2D eigenvalue weighted by molar-refractivity contribution is 5.82. The first-order valence-electron chi connectivity index (χ1n) is 8.16. The van der Waals surface area contributed by atoms with Crippen LogP contribution in [-0.2, 0) is 22.7 Å². The molecule has 0 bridgehead atoms. The number of hydrogen-bond donors (Lipinski definition) is 2. The number of carbonyl (C=O) groups is 1. The Kier molecular flexibility index (Phi) is 5.82. The number of carbonyl (C=O) groups excluding carboxylic acids is 1. The van der Waals surface area contributed by atoms with E-state index in [4.69, 9.17) is 9.47 Å². The Balaban J connectivity index is 1.56. The zero-order valence-electron chi connectivity index (χ0n) is 13.5. The van der Waals surface area contributed by atoms with Crippen LogP contribution in [0.5, 0.6) is 5.75 Å². The highest BCUT2D eigenvalue weighted by atomic mass is 16.5. The fourth-order valence-electron chi connectivity index (χ4n) is 2.57. The van der Waals surface area contributed by atoms with Crippen molar-refractivity contribution in [2.75, 3.05) is 19.8 Å². The fourth-order valence-corrected chi connectivity index (χ4v) is 2.57. The van der Waals surface area contributed by atoms with Gasteiger partial charge in [0.1, 0.15) is 18.4 Å². The minimum atomic E-state index is -0.281. The van der Waals surface area contributed by atoms with Crippen molar-refractivity contribution in [3.05, 3.63) is 65.7 Å². The molecular weight excluding hydrogens is 304 g/mol. The minimum Gasteiger partial charge on any atom is -0.489 e. The van der Waals surface area contributed by atoms with Crippen LogP contribution in [0.25, 0.3) is 0 Å². The summed E-state index contributed by atoms with van der Waals surface area (Å²) >= 11 is 0. The van der Waals surface area contributed by atoms with Crippen molar-refractivity contribution in [1.82, 2.24) is 10.6 Å². The van der Waals surface area contributed by atoms with Gasteiger partial charge in [-0.1, -0.05) is 48.5 Å². The van der Waals surface area contributed by atoms with Crippen LogP contribution in [0, 0.1) is 0 Å². The van der Waals surface area contributed by atoms with E-state index in [1.807, 2.05) is 54.6 Å². The smallest absolute Gasteiger partial charge is 0.239 e. The molecule has 2 aromatic rings. The second-order valence-corrected chi connectivity index (χ2v) is 5.68. The highest BCUT2D eigenvalue weighted by Crippen LogP contribution is 2.19. The predicted octanol–water partition coefficient (Wildman–Crippen LogP) is 1.87. The minimum absolute atomic E-state index is 0.0486. The van der Waals surface area contributed by atoms with Crippen molar-refractivity contribution in [1.29, 1.82) is 0 Å². The summed E-state index contributed by atoms with van der Waals surface area (Å²) in [5, 5.41) is 6.09. The van der Waals surface area contributed by atoms with Gasteiger partial charge in [0.05, 0.1) is 13.2 Å². The predicted molar refractivity (Wildman–Crippen MR) is 91.7 cm³/mol. The number of morpholine rings is 1. The van der Waals surface area contributed by atoms with Crippen molar-refractivity contribution in [2.24, 2.45) is 0 Å². The van der Waals surface area contributed by atoms with Crippen molar-refractivity contribution < 1.29 is 14.3 Å². The van der Waals surface area contributed by atoms with Crippen molar-refractivity contribution in [2.45, 2.75) is 19.2 Å². The van der Waals surface area contributed by atoms with Gasteiger partial charge in [-0.2, -0.15) is 0 Å². The SMILES string of the molecule is O=C(NCc1ccccc1OCc1ccccc1)C1COCCN1. The van der Waals surface area contributed by atoms with Gasteiger partial charge in [-0.15, -0.1) is 0 Å². The summed E-state index contributed by atoms with van der Waals surface area (Å²) in [4.78, 5) is 12.2. The van der Waals surface area contributed by atoms with Crippen molar-refractivity contribution >= 4 is 5.91 Å². The third-order valence-electron chi connectivity index (χ3n) is 3.90. The molecule has 0 saturated carbocycles. The summed E-state index contributed by atoms with van der Waals surface area (Å²) in [6, 6.07) is 17.5. The van der Waals surface area contributed by atoms with E-state index >= 15 is 0 Å². The van der Waals surface area contributed by atoms with Crippen LogP contribution < -0.4 is 15.4 Å². The van der Waals surface area contributed by atoms with Gasteiger partial charge in [-0.25, -0.2) is 0 Å². The Morgan fingerprint density at radius 3 is 2.75 bits per heavy atom. The molecule has 0 aromatic heterocycles. The van der Waals surface area contributed by atoms with Gasteiger partial charge in [0.15, 0.2) is 0 Å². The molecular formula is C19H22N2O3. The highest BCUT2D eigenvalue weighted by Gasteiger charge is 2.20. The lowest BCUT2D eigenvalue weighted by molar-refractivity contribution is -0.126. The molecule has 1 aliphatic rings. The molecule has 2 aromatic carbocycles. The molecule has 1 fully saturated rings. The van der Waals surface area contributed by atoms with Crippen LogP contribution in [0.3, 0.4) is 0 Å². The van der Waals surface area contributed by atoms with Gasteiger partial charge in [-0.05, 0) is 11.6 Å². The number of benzene rings is 2. The maximum Gasteiger partial charge on any atom is 0.239 e. The molecule has 24 heavy (non-hydrogen) atoms. The number of nitrogens with one attached hydrogen (secondary N) is 2. The number of rotatable bonds is 6. The zero-order valence-corrected chi connectivity index (χ0v) is 13.5. The molecule has 2 N–H and O–H groups in total. The molecule has 1 atom stereocenters. The third kappa shape index (κ3) is 4.57. The molecule has 126 valence electrons. The van der Waals surface area contributed by atoms with Crippen molar-refractivity contribution in [3.63, 3.8) is 0 Å². The van der Waals surface area contributed by atoms with Gasteiger partial charge in [0.25, 0.3) is 0 Å². The lowest BCUT2D eigenvalue weighted by Crippen LogP contribution is -2.51. The average Bonchev–Trinajstić information content (AvgIpc) is 2.66. The molecule has 0 spiro atoms. The van der Waals surface area contributed by atoms with E-state index in [2.05, 4.69) is 10.6 Å². The molecule has 0 aliphatic carbocycles. The van der Waals surface area contributed by atoms with Crippen LogP contribution in [-0.4, -0.2) is 31.7 Å². The van der Waals surface area contributed by atoms with Crippen LogP contribution in [0.2, 0.25) is 0 Å².